The Hall–Kier alpha value is -1.78. The number of hydrogen-bond donors (Lipinski definition) is 1. The average Bonchev–Trinajstić information content (AvgIpc) is 2.75. The molecule has 0 radical (unpaired) electrons. The molecule has 0 saturated heterocycles. The van der Waals surface area contributed by atoms with E-state index in [0.717, 1.165) is 18.5 Å². The first-order valence-corrected chi connectivity index (χ1v) is 6.87. The van der Waals surface area contributed by atoms with Crippen LogP contribution in [0.5, 0.6) is 5.88 Å². The zero-order chi connectivity index (χ0) is 13.4. The summed E-state index contributed by atoms with van der Waals surface area (Å²) < 4.78 is 7.93. The van der Waals surface area contributed by atoms with Crippen molar-refractivity contribution in [2.75, 3.05) is 5.73 Å². The molecule has 3 rings (SSSR count). The van der Waals surface area contributed by atoms with Crippen molar-refractivity contribution in [2.45, 2.75) is 39.2 Å². The van der Waals surface area contributed by atoms with E-state index in [9.17, 15) is 0 Å². The highest BCUT2D eigenvalue weighted by Gasteiger charge is 2.26. The van der Waals surface area contributed by atoms with Crippen LogP contribution in [0.15, 0.2) is 18.6 Å². The predicted octanol–water partition coefficient (Wildman–Crippen LogP) is 2.52. The number of aromatic nitrogens is 3. The van der Waals surface area contributed by atoms with Crippen LogP contribution in [0.25, 0.3) is 5.65 Å². The Morgan fingerprint density at radius 3 is 2.74 bits per heavy atom. The second kappa shape index (κ2) is 4.72. The lowest BCUT2D eigenvalue weighted by Gasteiger charge is -2.31. The minimum absolute atomic E-state index is 0.216. The van der Waals surface area contributed by atoms with Gasteiger partial charge in [-0.2, -0.15) is 4.98 Å². The molecule has 1 fully saturated rings. The zero-order valence-electron chi connectivity index (χ0n) is 11.4. The van der Waals surface area contributed by atoms with E-state index in [-0.39, 0.29) is 6.10 Å². The lowest BCUT2D eigenvalue weighted by atomic mass is 9.82. The fourth-order valence-corrected chi connectivity index (χ4v) is 3.13. The molecule has 0 amide bonds. The van der Waals surface area contributed by atoms with Gasteiger partial charge in [-0.25, -0.2) is 4.98 Å². The Kier molecular flexibility index (Phi) is 3.05. The largest absolute Gasteiger partial charge is 0.472 e. The van der Waals surface area contributed by atoms with Crippen molar-refractivity contribution < 1.29 is 4.74 Å². The molecule has 2 aromatic rings. The summed E-state index contributed by atoms with van der Waals surface area (Å²) in [6.45, 7) is 4.56. The third-order valence-electron chi connectivity index (χ3n) is 3.78. The van der Waals surface area contributed by atoms with Gasteiger partial charge in [0, 0.05) is 12.4 Å². The highest BCUT2D eigenvalue weighted by molar-refractivity contribution is 5.52. The maximum Gasteiger partial charge on any atom is 0.260 e. The molecule has 0 bridgehead atoms. The van der Waals surface area contributed by atoms with E-state index < -0.39 is 0 Å². The first kappa shape index (κ1) is 12.3. The number of rotatable bonds is 2. The summed E-state index contributed by atoms with van der Waals surface area (Å²) in [5.74, 6) is 2.41. The van der Waals surface area contributed by atoms with Crippen molar-refractivity contribution in [3.8, 4) is 5.88 Å². The molecular formula is C14H20N4O. The summed E-state index contributed by atoms with van der Waals surface area (Å²) in [6, 6.07) is 0. The van der Waals surface area contributed by atoms with Crippen molar-refractivity contribution >= 4 is 11.5 Å². The van der Waals surface area contributed by atoms with Crippen LogP contribution in [0.1, 0.15) is 33.1 Å². The van der Waals surface area contributed by atoms with E-state index in [1.807, 2.05) is 10.6 Å². The summed E-state index contributed by atoms with van der Waals surface area (Å²) in [5, 5.41) is 0. The molecule has 19 heavy (non-hydrogen) atoms. The molecule has 0 aromatic carbocycles. The Morgan fingerprint density at radius 1 is 1.26 bits per heavy atom. The summed E-state index contributed by atoms with van der Waals surface area (Å²) in [5.41, 5.74) is 6.54. The van der Waals surface area contributed by atoms with Gasteiger partial charge in [-0.3, -0.25) is 4.40 Å². The van der Waals surface area contributed by atoms with Gasteiger partial charge >= 0.3 is 0 Å². The molecule has 2 atom stereocenters. The van der Waals surface area contributed by atoms with Crippen LogP contribution >= 0.6 is 0 Å². The average molecular weight is 260 g/mol. The normalized spacial score (nSPS) is 27.6. The van der Waals surface area contributed by atoms with E-state index in [1.165, 1.54) is 6.42 Å². The summed E-state index contributed by atoms with van der Waals surface area (Å²) in [6.07, 6.45) is 8.99. The molecule has 102 valence electrons. The van der Waals surface area contributed by atoms with Gasteiger partial charge in [0.1, 0.15) is 11.9 Å². The number of anilines is 1. The SMILES string of the molecule is CC1CC(C)CC(Oc2nc(N)cn3ccnc23)C1. The summed E-state index contributed by atoms with van der Waals surface area (Å²) in [4.78, 5) is 8.57. The van der Waals surface area contributed by atoms with Gasteiger partial charge in [0.2, 0.25) is 5.65 Å². The highest BCUT2D eigenvalue weighted by atomic mass is 16.5. The molecule has 0 aliphatic heterocycles. The third kappa shape index (κ3) is 2.50. The molecule has 5 nitrogen and oxygen atoms in total. The number of hydrogen-bond acceptors (Lipinski definition) is 4. The molecule has 5 heteroatoms. The molecule has 1 aliphatic carbocycles. The monoisotopic (exact) mass is 260 g/mol. The maximum atomic E-state index is 6.07. The van der Waals surface area contributed by atoms with Gasteiger partial charge in [-0.05, 0) is 31.1 Å². The first-order valence-electron chi connectivity index (χ1n) is 6.87. The lowest BCUT2D eigenvalue weighted by Crippen LogP contribution is -2.29. The van der Waals surface area contributed by atoms with Crippen LogP contribution in [0.2, 0.25) is 0 Å². The van der Waals surface area contributed by atoms with Crippen LogP contribution in [0, 0.1) is 11.8 Å². The minimum atomic E-state index is 0.216. The van der Waals surface area contributed by atoms with Gasteiger partial charge < -0.3 is 10.5 Å². The van der Waals surface area contributed by atoms with E-state index in [2.05, 4.69) is 23.8 Å². The molecule has 2 heterocycles. The smallest absolute Gasteiger partial charge is 0.260 e. The fourth-order valence-electron chi connectivity index (χ4n) is 3.13. The molecule has 1 saturated carbocycles. The van der Waals surface area contributed by atoms with Crippen LogP contribution in [-0.2, 0) is 0 Å². The first-order chi connectivity index (χ1) is 9.11. The van der Waals surface area contributed by atoms with Crippen molar-refractivity contribution in [2.24, 2.45) is 11.8 Å². The molecule has 2 N–H and O–H groups in total. The fraction of sp³-hybridized carbons (Fsp3) is 0.571. The Balaban J connectivity index is 1.86. The standard InChI is InChI=1S/C14H20N4O/c1-9-5-10(2)7-11(6-9)19-14-13-16-3-4-18(13)8-12(15)17-14/h3-4,8-11H,5-7,15H2,1-2H3. The number of fused-ring (bicyclic) bond motifs is 1. The molecular weight excluding hydrogens is 240 g/mol. The quantitative estimate of drug-likeness (QED) is 0.901. The van der Waals surface area contributed by atoms with Crippen LogP contribution in [0.3, 0.4) is 0 Å². The third-order valence-corrected chi connectivity index (χ3v) is 3.78. The maximum absolute atomic E-state index is 6.07. The molecule has 0 spiro atoms. The second-order valence-corrected chi connectivity index (χ2v) is 5.79. The van der Waals surface area contributed by atoms with Crippen molar-refractivity contribution in [3.63, 3.8) is 0 Å². The Bertz CT molecular complexity index is 570. The lowest BCUT2D eigenvalue weighted by molar-refractivity contribution is 0.0978. The number of nitrogen functional groups attached to an aromatic ring is 1. The van der Waals surface area contributed by atoms with Crippen LogP contribution in [0.4, 0.5) is 5.82 Å². The molecule has 1 aliphatic rings. The van der Waals surface area contributed by atoms with Crippen molar-refractivity contribution in [3.05, 3.63) is 18.6 Å². The van der Waals surface area contributed by atoms with Gasteiger partial charge in [0.25, 0.3) is 5.88 Å². The van der Waals surface area contributed by atoms with Crippen molar-refractivity contribution in [1.29, 1.82) is 0 Å². The van der Waals surface area contributed by atoms with Gasteiger partial charge in [-0.15, -0.1) is 0 Å². The Morgan fingerprint density at radius 2 is 2.00 bits per heavy atom. The van der Waals surface area contributed by atoms with Crippen molar-refractivity contribution in [1.82, 2.24) is 14.4 Å². The topological polar surface area (TPSA) is 65.4 Å². The number of nitrogens with zero attached hydrogens (tertiary/aromatic N) is 3. The summed E-state index contributed by atoms with van der Waals surface area (Å²) >= 11 is 0. The van der Waals surface area contributed by atoms with Gasteiger partial charge in [0.05, 0.1) is 6.20 Å². The number of imidazole rings is 1. The van der Waals surface area contributed by atoms with Crippen LogP contribution in [-0.4, -0.2) is 20.5 Å². The van der Waals surface area contributed by atoms with E-state index in [0.29, 0.717) is 23.5 Å². The summed E-state index contributed by atoms with van der Waals surface area (Å²) in [7, 11) is 0. The predicted molar refractivity (Wildman–Crippen MR) is 74.0 cm³/mol. The second-order valence-electron chi connectivity index (χ2n) is 5.79. The highest BCUT2D eigenvalue weighted by Crippen LogP contribution is 2.31. The molecule has 2 unspecified atom stereocenters. The van der Waals surface area contributed by atoms with Crippen LogP contribution < -0.4 is 10.5 Å². The minimum Gasteiger partial charge on any atom is -0.472 e. The Labute approximate surface area is 112 Å². The zero-order valence-corrected chi connectivity index (χ0v) is 11.4. The van der Waals surface area contributed by atoms with Gasteiger partial charge in [-0.1, -0.05) is 13.8 Å². The van der Waals surface area contributed by atoms with E-state index >= 15 is 0 Å². The van der Waals surface area contributed by atoms with Gasteiger partial charge in [0.15, 0.2) is 0 Å². The number of nitrogens with two attached hydrogens (primary N) is 1. The van der Waals surface area contributed by atoms with E-state index in [1.54, 1.807) is 12.4 Å². The molecule has 2 aromatic heterocycles. The van der Waals surface area contributed by atoms with E-state index in [4.69, 9.17) is 10.5 Å². The number of ether oxygens (including phenoxy) is 1.